The molecule has 2 aliphatic heterocycles. The number of methoxy groups -OCH3 is 1. The minimum Gasteiger partial charge on any atom is -0.497 e. The van der Waals surface area contributed by atoms with E-state index in [1.165, 1.54) is 81.2 Å². The molecule has 48 heavy (non-hydrogen) atoms. The number of hydrogen-bond acceptors (Lipinski definition) is 4. The van der Waals surface area contributed by atoms with Crippen molar-refractivity contribution in [2.24, 2.45) is 0 Å². The van der Waals surface area contributed by atoms with Gasteiger partial charge in [-0.15, -0.1) is 0 Å². The van der Waals surface area contributed by atoms with Crippen molar-refractivity contribution >= 4 is 44.1 Å². The Labute approximate surface area is 282 Å². The van der Waals surface area contributed by atoms with Crippen LogP contribution in [0.5, 0.6) is 11.5 Å². The summed E-state index contributed by atoms with van der Waals surface area (Å²) < 4.78 is 18.9. The largest absolute Gasteiger partial charge is 0.497 e. The molecule has 2 heterocycles. The molecule has 3 aliphatic rings. The molecule has 1 aliphatic carbocycles. The molecule has 4 heteroatoms. The Kier molecular flexibility index (Phi) is 7.35. The highest BCUT2D eigenvalue weighted by Gasteiger charge is 2.39. The minimum absolute atomic E-state index is 0.525. The van der Waals surface area contributed by atoms with Crippen molar-refractivity contribution in [1.29, 1.82) is 0 Å². The van der Waals surface area contributed by atoms with Crippen LogP contribution >= 0.6 is 0 Å². The van der Waals surface area contributed by atoms with Crippen LogP contribution in [-0.2, 0) is 10.3 Å². The van der Waals surface area contributed by atoms with Crippen LogP contribution in [0.3, 0.4) is 0 Å². The summed E-state index contributed by atoms with van der Waals surface area (Å²) in [5, 5.41) is 7.56. The van der Waals surface area contributed by atoms with Crippen molar-refractivity contribution in [3.05, 3.63) is 131 Å². The van der Waals surface area contributed by atoms with E-state index in [9.17, 15) is 0 Å². The predicted octanol–water partition coefficient (Wildman–Crippen LogP) is 10.4. The maximum Gasteiger partial charge on any atom is 0.178 e. The van der Waals surface area contributed by atoms with E-state index < -0.39 is 5.60 Å². The van der Waals surface area contributed by atoms with Crippen LogP contribution in [0.25, 0.3) is 38.4 Å². The third-order valence-corrected chi connectivity index (χ3v) is 11.0. The van der Waals surface area contributed by atoms with E-state index in [1.807, 2.05) is 12.1 Å². The molecule has 240 valence electrons. The fourth-order valence-electron chi connectivity index (χ4n) is 8.54. The Morgan fingerprint density at radius 1 is 0.688 bits per heavy atom. The van der Waals surface area contributed by atoms with E-state index in [0.717, 1.165) is 48.9 Å². The van der Waals surface area contributed by atoms with Gasteiger partial charge >= 0.3 is 0 Å². The molecule has 0 aromatic heterocycles. The number of morpholine rings is 1. The number of benzene rings is 6. The zero-order valence-electron chi connectivity index (χ0n) is 27.6. The lowest BCUT2D eigenvalue weighted by atomic mass is 9.77. The summed E-state index contributed by atoms with van der Waals surface area (Å²) in [6.45, 7) is 3.34. The van der Waals surface area contributed by atoms with Crippen LogP contribution in [0.15, 0.2) is 109 Å². The van der Waals surface area contributed by atoms with Crippen molar-refractivity contribution in [3.8, 4) is 11.5 Å². The van der Waals surface area contributed by atoms with Crippen LogP contribution in [0, 0.1) is 0 Å². The lowest BCUT2D eigenvalue weighted by Gasteiger charge is -2.39. The van der Waals surface area contributed by atoms with E-state index in [0.29, 0.717) is 5.92 Å². The predicted molar refractivity (Wildman–Crippen MR) is 198 cm³/mol. The van der Waals surface area contributed by atoms with Gasteiger partial charge < -0.3 is 19.1 Å². The molecular formula is C44H41NO3. The monoisotopic (exact) mass is 631 g/mol. The van der Waals surface area contributed by atoms with Crippen LogP contribution in [0.2, 0.25) is 0 Å². The molecule has 1 saturated heterocycles. The van der Waals surface area contributed by atoms with Crippen molar-refractivity contribution in [2.75, 3.05) is 38.3 Å². The lowest BCUT2D eigenvalue weighted by Crippen LogP contribution is -2.37. The van der Waals surface area contributed by atoms with E-state index in [4.69, 9.17) is 14.2 Å². The summed E-state index contributed by atoms with van der Waals surface area (Å²) in [6.07, 6.45) is 11.0. The maximum atomic E-state index is 7.69. The molecule has 0 bridgehead atoms. The molecule has 4 nitrogen and oxygen atoms in total. The molecule has 9 rings (SSSR count). The molecule has 1 atom stereocenters. The Bertz CT molecular complexity index is 2160. The first-order valence-electron chi connectivity index (χ1n) is 17.6. The first kappa shape index (κ1) is 29.3. The summed E-state index contributed by atoms with van der Waals surface area (Å²) in [5.74, 6) is 2.35. The highest BCUT2D eigenvalue weighted by molar-refractivity contribution is 6.27. The summed E-state index contributed by atoms with van der Waals surface area (Å²) in [4.78, 5) is 2.40. The average Bonchev–Trinajstić information content (AvgIpc) is 3.18. The maximum absolute atomic E-state index is 7.69. The number of rotatable bonds is 5. The summed E-state index contributed by atoms with van der Waals surface area (Å²) in [7, 11) is 1.72. The van der Waals surface area contributed by atoms with E-state index in [-0.39, 0.29) is 0 Å². The Balaban J connectivity index is 1.31. The van der Waals surface area contributed by atoms with E-state index in [2.05, 4.69) is 108 Å². The molecule has 6 aromatic rings. The second kappa shape index (κ2) is 12.0. The van der Waals surface area contributed by atoms with Gasteiger partial charge in [-0.3, -0.25) is 0 Å². The normalized spacial score (nSPS) is 19.8. The van der Waals surface area contributed by atoms with Crippen LogP contribution < -0.4 is 14.4 Å². The molecule has 0 spiro atoms. The summed E-state index contributed by atoms with van der Waals surface area (Å²) in [6, 6.07) is 37.7. The summed E-state index contributed by atoms with van der Waals surface area (Å²) in [5.41, 5.74) is 5.24. The second-order valence-corrected chi connectivity index (χ2v) is 13.6. The Morgan fingerprint density at radius 3 is 1.96 bits per heavy atom. The third-order valence-electron chi connectivity index (χ3n) is 11.0. The minimum atomic E-state index is -0.826. The molecule has 1 unspecified atom stereocenters. The highest BCUT2D eigenvalue weighted by Crippen LogP contribution is 2.52. The fourth-order valence-corrected chi connectivity index (χ4v) is 8.54. The second-order valence-electron chi connectivity index (χ2n) is 13.6. The number of anilines is 1. The molecule has 2 fully saturated rings. The van der Waals surface area contributed by atoms with E-state index in [1.54, 1.807) is 7.11 Å². The third kappa shape index (κ3) is 4.77. The lowest BCUT2D eigenvalue weighted by molar-refractivity contribution is 0.122. The first-order chi connectivity index (χ1) is 23.7. The summed E-state index contributed by atoms with van der Waals surface area (Å²) >= 11 is 0. The van der Waals surface area contributed by atoms with Crippen LogP contribution in [-0.4, -0.2) is 33.4 Å². The zero-order chi connectivity index (χ0) is 32.1. The quantitative estimate of drug-likeness (QED) is 0.177. The van der Waals surface area contributed by atoms with Gasteiger partial charge in [0.25, 0.3) is 0 Å². The van der Waals surface area contributed by atoms with Crippen molar-refractivity contribution in [1.82, 2.24) is 0 Å². The molecule has 0 N–H and O–H groups in total. The number of fused-ring (bicyclic) bond motifs is 8. The van der Waals surface area contributed by atoms with Crippen molar-refractivity contribution in [3.63, 3.8) is 0 Å². The Hall–Kier alpha value is -4.80. The van der Waals surface area contributed by atoms with Gasteiger partial charge in [0.2, 0.25) is 0 Å². The molecule has 0 amide bonds. The topological polar surface area (TPSA) is 30.9 Å². The molecular weight excluding hydrogens is 590 g/mol. The van der Waals surface area contributed by atoms with Crippen LogP contribution in [0.1, 0.15) is 60.3 Å². The molecule has 1 saturated carbocycles. The van der Waals surface area contributed by atoms with Gasteiger partial charge in [0.1, 0.15) is 11.5 Å². The number of hydrogen-bond donors (Lipinski definition) is 0. The average molecular weight is 632 g/mol. The van der Waals surface area contributed by atoms with Gasteiger partial charge in [-0.25, -0.2) is 0 Å². The smallest absolute Gasteiger partial charge is 0.178 e. The molecule has 6 aromatic carbocycles. The van der Waals surface area contributed by atoms with Gasteiger partial charge in [0, 0.05) is 40.9 Å². The van der Waals surface area contributed by atoms with Gasteiger partial charge in [-0.1, -0.05) is 98.1 Å². The number of nitrogens with zero attached hydrogens (tertiary/aromatic N) is 1. The van der Waals surface area contributed by atoms with Crippen molar-refractivity contribution in [2.45, 2.75) is 43.6 Å². The van der Waals surface area contributed by atoms with Gasteiger partial charge in [-0.2, -0.15) is 0 Å². The fraction of sp³-hybridized carbons (Fsp3) is 0.273. The van der Waals surface area contributed by atoms with Gasteiger partial charge in [0.05, 0.1) is 20.3 Å². The highest BCUT2D eigenvalue weighted by atomic mass is 16.5. The number of ether oxygens (including phenoxy) is 3. The van der Waals surface area contributed by atoms with Crippen molar-refractivity contribution < 1.29 is 14.2 Å². The van der Waals surface area contributed by atoms with Gasteiger partial charge in [-0.05, 0) is 87.7 Å². The molecule has 0 radical (unpaired) electrons. The van der Waals surface area contributed by atoms with E-state index >= 15 is 0 Å². The first-order valence-corrected chi connectivity index (χ1v) is 17.6. The van der Waals surface area contributed by atoms with Gasteiger partial charge in [0.15, 0.2) is 5.60 Å². The zero-order valence-corrected chi connectivity index (χ0v) is 27.6. The Morgan fingerprint density at radius 2 is 1.29 bits per heavy atom. The van der Waals surface area contributed by atoms with Crippen LogP contribution in [0.4, 0.5) is 5.69 Å². The standard InChI is InChI=1S/C44H41NO3/c1-46-34-21-17-32(18-22-34)44(31-15-19-33(20-16-31)45-25-27-47-28-26-45)24-23-39-40(30-9-3-2-4-10-30)29-41-37-13-6-5-11-35(37)36-12-7-8-14-38(36)42(41)43(39)48-44/h5-8,11-24,29-30H,2-4,9-10,25-28H2,1H3. The SMILES string of the molecule is COc1ccc(C2(c3ccc(N4CCOCC4)cc3)C=Cc3c(C4CCCCC4)cc4c5ccccc5c5ccccc5c4c3O2)cc1.